The number of amides is 1. The topological polar surface area (TPSA) is 142 Å². The Hall–Kier alpha value is -3.40. The number of nitrogens with zero attached hydrogens (tertiary/aromatic N) is 3. The summed E-state index contributed by atoms with van der Waals surface area (Å²) in [7, 11) is 0. The second-order valence-electron chi connectivity index (χ2n) is 8.99. The summed E-state index contributed by atoms with van der Waals surface area (Å²) in [6, 6.07) is 15.5. The number of hydrogen-bond donors (Lipinski definition) is 5. The number of aromatic nitrogens is 3. The number of carbonyl (C=O) groups is 1. The first-order valence-corrected chi connectivity index (χ1v) is 11.8. The van der Waals surface area contributed by atoms with E-state index in [4.69, 9.17) is 11.1 Å². The van der Waals surface area contributed by atoms with Gasteiger partial charge in [-0.1, -0.05) is 42.7 Å². The minimum Gasteiger partial charge on any atom is -0.370 e. The maximum atomic E-state index is 13.2. The van der Waals surface area contributed by atoms with Crippen LogP contribution in [-0.2, 0) is 0 Å². The van der Waals surface area contributed by atoms with E-state index in [1.165, 1.54) is 0 Å². The molecule has 2 atom stereocenters. The van der Waals surface area contributed by atoms with E-state index in [1.807, 2.05) is 55.5 Å². The standard InChI is InChI=1S/C26H28N8O.3ClH/c1-15-10-11-20-18(12-15)23(32-21-8-4-5-9-22(21)33-26(27)28)34-24(31-20)25(35)30-17-13-16-6-2-3-7-19(16)29-14-17;;;/h2-3,6-7,10-14,21-22H,4-5,8-9H2,1H3,(H,30,35)(H4,27,28,33)(H,31,32,34);3*1H/t21-,22+;;;/m0.../s1. The summed E-state index contributed by atoms with van der Waals surface area (Å²) in [6.07, 6.45) is 5.58. The third-order valence-corrected chi connectivity index (χ3v) is 6.33. The van der Waals surface area contributed by atoms with Crippen molar-refractivity contribution >= 4 is 82.4 Å². The highest BCUT2D eigenvalue weighted by Crippen LogP contribution is 2.27. The third kappa shape index (κ3) is 6.92. The average molecular weight is 578 g/mol. The molecule has 5 rings (SSSR count). The molecule has 0 saturated heterocycles. The molecule has 2 aromatic carbocycles. The Labute approximate surface area is 239 Å². The number of aryl methyl sites for hydroxylation is 1. The Balaban J connectivity index is 0.00000169. The second-order valence-corrected chi connectivity index (χ2v) is 8.99. The number of para-hydroxylation sites is 1. The van der Waals surface area contributed by atoms with Crippen LogP contribution in [0.2, 0.25) is 0 Å². The zero-order valence-corrected chi connectivity index (χ0v) is 23.2. The zero-order chi connectivity index (χ0) is 24.4. The van der Waals surface area contributed by atoms with E-state index in [2.05, 4.69) is 30.9 Å². The SMILES string of the molecule is Cc1ccc2nc(C(=O)Nc3cnc4ccccc4c3)nc(N[C@H]3CCCC[C@H]3NC(=N)N)c2c1.Cl.Cl.Cl. The molecule has 0 bridgehead atoms. The molecule has 6 N–H and O–H groups in total. The molecule has 9 nitrogen and oxygen atoms in total. The Bertz CT molecular complexity index is 1430. The molecule has 4 aromatic rings. The number of fused-ring (bicyclic) bond motifs is 2. The summed E-state index contributed by atoms with van der Waals surface area (Å²) < 4.78 is 0. The van der Waals surface area contributed by atoms with E-state index in [9.17, 15) is 4.79 Å². The molecule has 12 heteroatoms. The molecular formula is C26H31Cl3N8O. The van der Waals surface area contributed by atoms with Crippen molar-refractivity contribution in [3.63, 3.8) is 0 Å². The summed E-state index contributed by atoms with van der Waals surface area (Å²) >= 11 is 0. The van der Waals surface area contributed by atoms with Crippen molar-refractivity contribution < 1.29 is 4.79 Å². The lowest BCUT2D eigenvalue weighted by Gasteiger charge is -2.33. The largest absolute Gasteiger partial charge is 0.370 e. The first-order valence-electron chi connectivity index (χ1n) is 11.8. The predicted octanol–water partition coefficient (Wildman–Crippen LogP) is 5.21. The monoisotopic (exact) mass is 576 g/mol. The average Bonchev–Trinajstić information content (AvgIpc) is 2.85. The highest BCUT2D eigenvalue weighted by Gasteiger charge is 2.27. The minimum absolute atomic E-state index is 0. The number of pyridine rings is 1. The molecule has 38 heavy (non-hydrogen) atoms. The first kappa shape index (κ1) is 30.8. The van der Waals surface area contributed by atoms with Crippen LogP contribution in [0.1, 0.15) is 41.9 Å². The zero-order valence-electron chi connectivity index (χ0n) is 20.7. The smallest absolute Gasteiger partial charge is 0.293 e. The number of nitrogens with two attached hydrogens (primary N) is 1. The van der Waals surface area contributed by atoms with Crippen LogP contribution < -0.4 is 21.7 Å². The number of carbonyl (C=O) groups excluding carboxylic acids is 1. The van der Waals surface area contributed by atoms with Crippen LogP contribution in [0.25, 0.3) is 21.8 Å². The molecule has 0 aliphatic heterocycles. The van der Waals surface area contributed by atoms with E-state index in [1.54, 1.807) is 6.20 Å². The third-order valence-electron chi connectivity index (χ3n) is 6.33. The number of anilines is 2. The summed E-state index contributed by atoms with van der Waals surface area (Å²) in [5.74, 6) is 0.220. The molecule has 202 valence electrons. The molecule has 2 heterocycles. The maximum absolute atomic E-state index is 13.2. The lowest BCUT2D eigenvalue weighted by atomic mass is 9.90. The minimum atomic E-state index is -0.408. The van der Waals surface area contributed by atoms with Crippen molar-refractivity contribution in [2.24, 2.45) is 5.73 Å². The Morgan fingerprint density at radius 2 is 1.71 bits per heavy atom. The van der Waals surface area contributed by atoms with Gasteiger partial charge in [0, 0.05) is 22.9 Å². The van der Waals surface area contributed by atoms with Gasteiger partial charge in [-0.25, -0.2) is 9.97 Å². The molecule has 0 radical (unpaired) electrons. The van der Waals surface area contributed by atoms with Gasteiger partial charge in [0.05, 0.1) is 22.9 Å². The van der Waals surface area contributed by atoms with E-state index in [0.717, 1.165) is 47.5 Å². The summed E-state index contributed by atoms with van der Waals surface area (Å²) in [4.78, 5) is 26.8. The first-order chi connectivity index (χ1) is 17.0. The number of benzene rings is 2. The lowest BCUT2D eigenvalue weighted by Crippen LogP contribution is -2.50. The molecular weight excluding hydrogens is 547 g/mol. The molecule has 1 aliphatic carbocycles. The van der Waals surface area contributed by atoms with Gasteiger partial charge in [0.1, 0.15) is 5.82 Å². The molecule has 1 amide bonds. The van der Waals surface area contributed by atoms with E-state index in [-0.39, 0.29) is 61.1 Å². The van der Waals surface area contributed by atoms with E-state index < -0.39 is 5.91 Å². The molecule has 1 saturated carbocycles. The van der Waals surface area contributed by atoms with Crippen LogP contribution in [0.15, 0.2) is 54.7 Å². The van der Waals surface area contributed by atoms with Crippen LogP contribution >= 0.6 is 37.2 Å². The van der Waals surface area contributed by atoms with Gasteiger partial charge in [0.2, 0.25) is 5.82 Å². The Kier molecular flexibility index (Phi) is 10.9. The van der Waals surface area contributed by atoms with Gasteiger partial charge in [-0.05, 0) is 44.0 Å². The van der Waals surface area contributed by atoms with Gasteiger partial charge >= 0.3 is 0 Å². The molecule has 0 spiro atoms. The normalized spacial score (nSPS) is 16.3. The summed E-state index contributed by atoms with van der Waals surface area (Å²) in [5, 5.41) is 18.9. The molecule has 1 aliphatic rings. The van der Waals surface area contributed by atoms with Crippen molar-refractivity contribution in [2.75, 3.05) is 10.6 Å². The Morgan fingerprint density at radius 3 is 2.47 bits per heavy atom. The van der Waals surface area contributed by atoms with Crippen LogP contribution in [0.5, 0.6) is 0 Å². The fraction of sp³-hybridized carbons (Fsp3) is 0.269. The van der Waals surface area contributed by atoms with Gasteiger partial charge in [-0.3, -0.25) is 15.2 Å². The van der Waals surface area contributed by atoms with Gasteiger partial charge < -0.3 is 21.7 Å². The van der Waals surface area contributed by atoms with Crippen LogP contribution in [0, 0.1) is 12.3 Å². The second kappa shape index (κ2) is 13.4. The summed E-state index contributed by atoms with van der Waals surface area (Å²) in [5.41, 5.74) is 8.81. The highest BCUT2D eigenvalue weighted by molar-refractivity contribution is 6.04. The molecule has 1 fully saturated rings. The van der Waals surface area contributed by atoms with Crippen molar-refractivity contribution in [3.05, 3.63) is 66.1 Å². The van der Waals surface area contributed by atoms with Gasteiger partial charge in [0.15, 0.2) is 5.96 Å². The molecule has 2 aromatic heterocycles. The quantitative estimate of drug-likeness (QED) is 0.162. The predicted molar refractivity (Wildman–Crippen MR) is 160 cm³/mol. The molecule has 0 unspecified atom stereocenters. The van der Waals surface area contributed by atoms with Gasteiger partial charge in [-0.2, -0.15) is 0 Å². The summed E-state index contributed by atoms with van der Waals surface area (Å²) in [6.45, 7) is 2.01. The number of halogens is 3. The van der Waals surface area contributed by atoms with Crippen LogP contribution in [0.4, 0.5) is 11.5 Å². The lowest BCUT2D eigenvalue weighted by molar-refractivity contribution is 0.101. The van der Waals surface area contributed by atoms with Gasteiger partial charge in [0.25, 0.3) is 5.91 Å². The van der Waals surface area contributed by atoms with Crippen molar-refractivity contribution in [1.29, 1.82) is 5.41 Å². The van der Waals surface area contributed by atoms with Crippen molar-refractivity contribution in [1.82, 2.24) is 20.3 Å². The Morgan fingerprint density at radius 1 is 0.974 bits per heavy atom. The number of rotatable bonds is 5. The van der Waals surface area contributed by atoms with Crippen LogP contribution in [0.3, 0.4) is 0 Å². The van der Waals surface area contributed by atoms with Crippen molar-refractivity contribution in [3.8, 4) is 0 Å². The number of nitrogens with one attached hydrogen (secondary N) is 4. The van der Waals surface area contributed by atoms with E-state index >= 15 is 0 Å². The van der Waals surface area contributed by atoms with Gasteiger partial charge in [-0.15, -0.1) is 37.2 Å². The number of guanidine groups is 1. The fourth-order valence-electron chi connectivity index (χ4n) is 4.63. The van der Waals surface area contributed by atoms with Crippen LogP contribution in [-0.4, -0.2) is 38.9 Å². The maximum Gasteiger partial charge on any atom is 0.293 e. The van der Waals surface area contributed by atoms with E-state index in [0.29, 0.717) is 17.0 Å². The number of hydrogen-bond acceptors (Lipinski definition) is 6. The fourth-order valence-corrected chi connectivity index (χ4v) is 4.63. The highest BCUT2D eigenvalue weighted by atomic mass is 35.5. The van der Waals surface area contributed by atoms with Crippen molar-refractivity contribution in [2.45, 2.75) is 44.7 Å².